The molecule has 0 fully saturated rings. The first-order valence-electron chi connectivity index (χ1n) is 6.09. The summed E-state index contributed by atoms with van der Waals surface area (Å²) in [7, 11) is 2.96. The third-order valence-electron chi connectivity index (χ3n) is 2.92. The maximum absolute atomic E-state index is 13.3. The van der Waals surface area contributed by atoms with Crippen LogP contribution in [0.4, 0.5) is 4.39 Å². The number of rotatable bonds is 3. The van der Waals surface area contributed by atoms with Gasteiger partial charge in [-0.1, -0.05) is 0 Å². The summed E-state index contributed by atoms with van der Waals surface area (Å²) in [6, 6.07) is 3.66. The average Bonchev–Trinajstić information content (AvgIpc) is 2.47. The Kier molecular flexibility index (Phi) is 3.97. The second-order valence-corrected chi connectivity index (χ2v) is 4.32. The second-order valence-electron chi connectivity index (χ2n) is 4.32. The molecule has 0 radical (unpaired) electrons. The Hall–Kier alpha value is -2.77. The van der Waals surface area contributed by atoms with Crippen molar-refractivity contribution in [2.45, 2.75) is 0 Å². The van der Waals surface area contributed by atoms with Crippen LogP contribution < -0.4 is 16.1 Å². The predicted molar refractivity (Wildman–Crippen MR) is 73.3 cm³/mol. The van der Waals surface area contributed by atoms with E-state index >= 15 is 0 Å². The SMILES string of the molecule is CNC(=O)CNC(=O)c1nn(C)c2ccc(F)cc2c1=O. The molecule has 7 nitrogen and oxygen atoms in total. The molecule has 0 unspecified atom stereocenters. The van der Waals surface area contributed by atoms with Crippen LogP contribution in [0.15, 0.2) is 23.0 Å². The molecule has 0 aliphatic rings. The monoisotopic (exact) mass is 292 g/mol. The molecule has 2 N–H and O–H groups in total. The number of nitrogens with zero attached hydrogens (tertiary/aromatic N) is 2. The fourth-order valence-corrected chi connectivity index (χ4v) is 1.83. The van der Waals surface area contributed by atoms with Crippen LogP contribution >= 0.6 is 0 Å². The minimum Gasteiger partial charge on any atom is -0.358 e. The molecule has 21 heavy (non-hydrogen) atoms. The van der Waals surface area contributed by atoms with Crippen molar-refractivity contribution < 1.29 is 14.0 Å². The van der Waals surface area contributed by atoms with Gasteiger partial charge >= 0.3 is 0 Å². The first-order valence-corrected chi connectivity index (χ1v) is 6.09. The maximum atomic E-state index is 13.3. The third-order valence-corrected chi connectivity index (χ3v) is 2.92. The highest BCUT2D eigenvalue weighted by molar-refractivity contribution is 5.97. The molecule has 2 amide bonds. The van der Waals surface area contributed by atoms with E-state index < -0.39 is 23.1 Å². The molecule has 0 aliphatic carbocycles. The molecular formula is C13H13FN4O3. The molecule has 0 atom stereocenters. The highest BCUT2D eigenvalue weighted by atomic mass is 19.1. The van der Waals surface area contributed by atoms with Crippen LogP contribution in [0.5, 0.6) is 0 Å². The number of carbonyl (C=O) groups excluding carboxylic acids is 2. The van der Waals surface area contributed by atoms with E-state index in [2.05, 4.69) is 15.7 Å². The standard InChI is InChI=1S/C13H13FN4O3/c1-15-10(19)6-16-13(21)11-12(20)8-5-7(14)3-4-9(8)18(2)17-11/h3-5H,6H2,1-2H3,(H,15,19)(H,16,21). The highest BCUT2D eigenvalue weighted by Crippen LogP contribution is 2.10. The lowest BCUT2D eigenvalue weighted by Crippen LogP contribution is -2.38. The number of fused-ring (bicyclic) bond motifs is 1. The number of likely N-dealkylation sites (N-methyl/N-ethyl adjacent to an activating group) is 1. The van der Waals surface area contributed by atoms with Crippen LogP contribution in [-0.2, 0) is 11.8 Å². The van der Waals surface area contributed by atoms with Gasteiger partial charge in [-0.15, -0.1) is 0 Å². The van der Waals surface area contributed by atoms with Crippen molar-refractivity contribution in [1.82, 2.24) is 20.4 Å². The van der Waals surface area contributed by atoms with Crippen molar-refractivity contribution in [3.8, 4) is 0 Å². The summed E-state index contributed by atoms with van der Waals surface area (Å²) in [5.74, 6) is -1.78. The lowest BCUT2D eigenvalue weighted by atomic mass is 10.2. The summed E-state index contributed by atoms with van der Waals surface area (Å²) >= 11 is 0. The van der Waals surface area contributed by atoms with Crippen LogP contribution in [-0.4, -0.2) is 35.2 Å². The molecule has 110 valence electrons. The van der Waals surface area contributed by atoms with Gasteiger partial charge in [0.1, 0.15) is 5.82 Å². The van der Waals surface area contributed by atoms with E-state index in [0.717, 1.165) is 6.07 Å². The topological polar surface area (TPSA) is 93.1 Å². The van der Waals surface area contributed by atoms with Gasteiger partial charge < -0.3 is 10.6 Å². The highest BCUT2D eigenvalue weighted by Gasteiger charge is 2.17. The Bertz CT molecular complexity index is 785. The first kappa shape index (κ1) is 14.6. The number of amides is 2. The molecule has 2 aromatic rings. The number of benzene rings is 1. The quantitative estimate of drug-likeness (QED) is 0.801. The summed E-state index contributed by atoms with van der Waals surface area (Å²) in [4.78, 5) is 35.2. The molecule has 0 saturated heterocycles. The first-order chi connectivity index (χ1) is 9.93. The van der Waals surface area contributed by atoms with Crippen LogP contribution in [0.3, 0.4) is 0 Å². The van der Waals surface area contributed by atoms with E-state index in [9.17, 15) is 18.8 Å². The minimum absolute atomic E-state index is 0.0533. The predicted octanol–water partition coefficient (Wildman–Crippen LogP) is -0.452. The van der Waals surface area contributed by atoms with Gasteiger partial charge in [0.25, 0.3) is 5.91 Å². The molecule has 0 saturated carbocycles. The Morgan fingerprint density at radius 2 is 2.10 bits per heavy atom. The fraction of sp³-hybridized carbons (Fsp3) is 0.231. The van der Waals surface area contributed by atoms with Crippen molar-refractivity contribution in [2.24, 2.45) is 7.05 Å². The number of halogens is 1. The number of hydrogen-bond donors (Lipinski definition) is 2. The summed E-state index contributed by atoms with van der Waals surface area (Å²) in [6.45, 7) is -0.276. The smallest absolute Gasteiger partial charge is 0.276 e. The summed E-state index contributed by atoms with van der Waals surface area (Å²) in [6.07, 6.45) is 0. The van der Waals surface area contributed by atoms with Gasteiger partial charge in [-0.25, -0.2) is 4.39 Å². The third kappa shape index (κ3) is 2.88. The fourth-order valence-electron chi connectivity index (χ4n) is 1.83. The number of nitrogens with one attached hydrogen (secondary N) is 2. The summed E-state index contributed by atoms with van der Waals surface area (Å²) < 4.78 is 14.6. The van der Waals surface area contributed by atoms with Crippen LogP contribution in [0.1, 0.15) is 10.5 Å². The van der Waals surface area contributed by atoms with E-state index in [1.54, 1.807) is 0 Å². The molecule has 0 aliphatic heterocycles. The largest absolute Gasteiger partial charge is 0.358 e. The van der Waals surface area contributed by atoms with Gasteiger partial charge in [0.05, 0.1) is 17.4 Å². The molecule has 1 aromatic heterocycles. The Morgan fingerprint density at radius 1 is 1.38 bits per heavy atom. The number of aromatic nitrogens is 2. The van der Waals surface area contributed by atoms with Gasteiger partial charge in [-0.05, 0) is 18.2 Å². The normalized spacial score (nSPS) is 10.4. The van der Waals surface area contributed by atoms with E-state index in [1.165, 1.54) is 30.9 Å². The molecule has 0 spiro atoms. The van der Waals surface area contributed by atoms with E-state index in [-0.39, 0.29) is 17.6 Å². The van der Waals surface area contributed by atoms with Crippen molar-refractivity contribution in [3.63, 3.8) is 0 Å². The molecular weight excluding hydrogens is 279 g/mol. The van der Waals surface area contributed by atoms with Gasteiger partial charge in [-0.3, -0.25) is 19.1 Å². The maximum Gasteiger partial charge on any atom is 0.276 e. The number of carbonyl (C=O) groups is 2. The zero-order valence-corrected chi connectivity index (χ0v) is 11.4. The average molecular weight is 292 g/mol. The van der Waals surface area contributed by atoms with Crippen LogP contribution in [0.2, 0.25) is 0 Å². The summed E-state index contributed by atoms with van der Waals surface area (Å²) in [5, 5.41) is 8.53. The Balaban J connectivity index is 2.45. The molecule has 2 rings (SSSR count). The molecule has 8 heteroatoms. The van der Waals surface area contributed by atoms with Crippen molar-refractivity contribution in [3.05, 3.63) is 39.9 Å². The van der Waals surface area contributed by atoms with Gasteiger partial charge in [0.15, 0.2) is 5.69 Å². The van der Waals surface area contributed by atoms with E-state index in [1.807, 2.05) is 0 Å². The Morgan fingerprint density at radius 3 is 2.76 bits per heavy atom. The lowest BCUT2D eigenvalue weighted by molar-refractivity contribution is -0.119. The summed E-state index contributed by atoms with van der Waals surface area (Å²) in [5.41, 5.74) is -0.666. The van der Waals surface area contributed by atoms with Gasteiger partial charge in [0, 0.05) is 14.1 Å². The van der Waals surface area contributed by atoms with Gasteiger partial charge in [-0.2, -0.15) is 5.10 Å². The number of aryl methyl sites for hydroxylation is 1. The number of hydrogen-bond acceptors (Lipinski definition) is 4. The molecule has 1 aromatic carbocycles. The Labute approximate surface area is 118 Å². The lowest BCUT2D eigenvalue weighted by Gasteiger charge is -2.08. The van der Waals surface area contributed by atoms with E-state index in [0.29, 0.717) is 5.52 Å². The van der Waals surface area contributed by atoms with Crippen molar-refractivity contribution in [1.29, 1.82) is 0 Å². The zero-order chi connectivity index (χ0) is 15.6. The molecule has 1 heterocycles. The molecule has 0 bridgehead atoms. The minimum atomic E-state index is -0.787. The zero-order valence-electron chi connectivity index (χ0n) is 11.4. The van der Waals surface area contributed by atoms with Crippen molar-refractivity contribution >= 4 is 22.7 Å². The van der Waals surface area contributed by atoms with Crippen LogP contribution in [0, 0.1) is 5.82 Å². The van der Waals surface area contributed by atoms with Gasteiger partial charge in [0.2, 0.25) is 11.3 Å². The second kappa shape index (κ2) is 5.70. The van der Waals surface area contributed by atoms with Crippen molar-refractivity contribution in [2.75, 3.05) is 13.6 Å². The van der Waals surface area contributed by atoms with Crippen LogP contribution in [0.25, 0.3) is 10.9 Å². The van der Waals surface area contributed by atoms with E-state index in [4.69, 9.17) is 0 Å².